The van der Waals surface area contributed by atoms with E-state index in [0.29, 0.717) is 17.9 Å². The molecule has 0 aliphatic rings. The van der Waals surface area contributed by atoms with Crippen LogP contribution in [0.4, 0.5) is 0 Å². The molecule has 3 aromatic rings. The van der Waals surface area contributed by atoms with Crippen molar-refractivity contribution in [3.8, 4) is 11.5 Å². The Kier molecular flexibility index (Phi) is 4.61. The average molecular weight is 321 g/mol. The molecule has 0 aliphatic carbocycles. The number of rotatable bonds is 5. The maximum atomic E-state index is 12.6. The third-order valence-electron chi connectivity index (χ3n) is 3.58. The molecule has 0 N–H and O–H groups in total. The number of para-hydroxylation sites is 1. The van der Waals surface area contributed by atoms with Gasteiger partial charge >= 0.3 is 0 Å². The van der Waals surface area contributed by atoms with E-state index in [2.05, 4.69) is 5.10 Å². The Morgan fingerprint density at radius 2 is 1.88 bits per heavy atom. The molecule has 5 heteroatoms. The van der Waals surface area contributed by atoms with Gasteiger partial charge in [-0.2, -0.15) is 5.10 Å². The van der Waals surface area contributed by atoms with Crippen LogP contribution in [0.2, 0.25) is 0 Å². The number of hydrogen-bond acceptors (Lipinski definition) is 3. The van der Waals surface area contributed by atoms with Crippen molar-refractivity contribution in [2.24, 2.45) is 7.05 Å². The molecule has 0 unspecified atom stereocenters. The smallest absolute Gasteiger partial charge is 0.254 e. The van der Waals surface area contributed by atoms with Crippen LogP contribution in [-0.2, 0) is 13.6 Å². The Morgan fingerprint density at radius 1 is 1.12 bits per heavy atom. The summed E-state index contributed by atoms with van der Waals surface area (Å²) in [6, 6.07) is 16.7. The number of benzene rings is 2. The first-order chi connectivity index (χ1) is 11.6. The SMILES string of the molecule is CN(Cc1cnn(C)c1)C(=O)c1cccc(Oc2ccccc2)c1. The summed E-state index contributed by atoms with van der Waals surface area (Å²) in [6.45, 7) is 0.510. The Bertz CT molecular complexity index is 827. The predicted molar refractivity (Wildman–Crippen MR) is 92.0 cm³/mol. The van der Waals surface area contributed by atoms with Gasteiger partial charge in [0.05, 0.1) is 6.20 Å². The molecule has 5 nitrogen and oxygen atoms in total. The van der Waals surface area contributed by atoms with E-state index >= 15 is 0 Å². The molecule has 2 aromatic carbocycles. The highest BCUT2D eigenvalue weighted by atomic mass is 16.5. The van der Waals surface area contributed by atoms with Crippen molar-refractivity contribution >= 4 is 5.91 Å². The van der Waals surface area contributed by atoms with E-state index in [9.17, 15) is 4.79 Å². The van der Waals surface area contributed by atoms with Crippen molar-refractivity contribution in [3.63, 3.8) is 0 Å². The number of carbonyl (C=O) groups excluding carboxylic acids is 1. The quantitative estimate of drug-likeness (QED) is 0.723. The highest BCUT2D eigenvalue weighted by Crippen LogP contribution is 2.22. The van der Waals surface area contributed by atoms with Gasteiger partial charge in [-0.3, -0.25) is 9.48 Å². The standard InChI is InChI=1S/C19H19N3O2/c1-21(13-15-12-20-22(2)14-15)19(23)16-7-6-10-18(11-16)24-17-8-4-3-5-9-17/h3-12,14H,13H2,1-2H3. The zero-order valence-electron chi connectivity index (χ0n) is 13.7. The normalized spacial score (nSPS) is 10.4. The second-order valence-corrected chi connectivity index (χ2v) is 5.63. The van der Waals surface area contributed by atoms with Gasteiger partial charge in [0.1, 0.15) is 11.5 Å². The number of hydrogen-bond donors (Lipinski definition) is 0. The average Bonchev–Trinajstić information content (AvgIpc) is 3.00. The summed E-state index contributed by atoms with van der Waals surface area (Å²) in [5.41, 5.74) is 1.58. The maximum Gasteiger partial charge on any atom is 0.254 e. The summed E-state index contributed by atoms with van der Waals surface area (Å²) >= 11 is 0. The van der Waals surface area contributed by atoms with E-state index in [1.165, 1.54) is 0 Å². The number of ether oxygens (including phenoxy) is 1. The fraction of sp³-hybridized carbons (Fsp3) is 0.158. The number of aromatic nitrogens is 2. The van der Waals surface area contributed by atoms with Gasteiger partial charge in [0.25, 0.3) is 5.91 Å². The Morgan fingerprint density at radius 3 is 2.58 bits per heavy atom. The molecule has 0 saturated carbocycles. The third kappa shape index (κ3) is 3.81. The van der Waals surface area contributed by atoms with E-state index in [0.717, 1.165) is 11.3 Å². The highest BCUT2D eigenvalue weighted by Gasteiger charge is 2.13. The van der Waals surface area contributed by atoms with Crippen LogP contribution in [-0.4, -0.2) is 27.6 Å². The van der Waals surface area contributed by atoms with Crippen LogP contribution in [0, 0.1) is 0 Å². The minimum atomic E-state index is -0.0580. The molecule has 0 spiro atoms. The van der Waals surface area contributed by atoms with Gasteiger partial charge in [0.15, 0.2) is 0 Å². The Hall–Kier alpha value is -3.08. The summed E-state index contributed by atoms with van der Waals surface area (Å²) < 4.78 is 7.51. The van der Waals surface area contributed by atoms with E-state index in [-0.39, 0.29) is 5.91 Å². The van der Waals surface area contributed by atoms with Gasteiger partial charge in [0.2, 0.25) is 0 Å². The monoisotopic (exact) mass is 321 g/mol. The van der Waals surface area contributed by atoms with Gasteiger partial charge in [-0.05, 0) is 30.3 Å². The topological polar surface area (TPSA) is 47.4 Å². The molecule has 0 radical (unpaired) electrons. The molecule has 0 atom stereocenters. The molecule has 122 valence electrons. The maximum absolute atomic E-state index is 12.6. The van der Waals surface area contributed by atoms with Gasteiger partial charge < -0.3 is 9.64 Å². The predicted octanol–water partition coefficient (Wildman–Crippen LogP) is 3.48. The first-order valence-corrected chi connectivity index (χ1v) is 7.68. The lowest BCUT2D eigenvalue weighted by molar-refractivity contribution is 0.0784. The first kappa shape index (κ1) is 15.8. The van der Waals surface area contributed by atoms with E-state index < -0.39 is 0 Å². The summed E-state index contributed by atoms with van der Waals surface area (Å²) in [6.07, 6.45) is 3.66. The minimum Gasteiger partial charge on any atom is -0.457 e. The van der Waals surface area contributed by atoms with Gasteiger partial charge in [0, 0.05) is 38.0 Å². The van der Waals surface area contributed by atoms with Crippen molar-refractivity contribution in [2.45, 2.75) is 6.54 Å². The molecule has 1 aromatic heterocycles. The van der Waals surface area contributed by atoms with Gasteiger partial charge in [-0.1, -0.05) is 24.3 Å². The van der Waals surface area contributed by atoms with Crippen LogP contribution < -0.4 is 4.74 Å². The minimum absolute atomic E-state index is 0.0580. The highest BCUT2D eigenvalue weighted by molar-refractivity contribution is 5.94. The van der Waals surface area contributed by atoms with Crippen molar-refractivity contribution in [1.82, 2.24) is 14.7 Å². The molecule has 0 saturated heterocycles. The van der Waals surface area contributed by atoms with Crippen LogP contribution >= 0.6 is 0 Å². The van der Waals surface area contributed by atoms with Crippen LogP contribution in [0.1, 0.15) is 15.9 Å². The summed E-state index contributed by atoms with van der Waals surface area (Å²) in [5, 5.41) is 4.12. The lowest BCUT2D eigenvalue weighted by atomic mass is 10.2. The van der Waals surface area contributed by atoms with Gasteiger partial charge in [-0.15, -0.1) is 0 Å². The van der Waals surface area contributed by atoms with E-state index in [1.54, 1.807) is 35.0 Å². The molecular formula is C19H19N3O2. The molecule has 0 fully saturated rings. The van der Waals surface area contributed by atoms with Crippen molar-refractivity contribution in [1.29, 1.82) is 0 Å². The largest absolute Gasteiger partial charge is 0.457 e. The van der Waals surface area contributed by atoms with Crippen molar-refractivity contribution in [3.05, 3.63) is 78.1 Å². The molecule has 24 heavy (non-hydrogen) atoms. The van der Waals surface area contributed by atoms with Crippen LogP contribution in [0.25, 0.3) is 0 Å². The third-order valence-corrected chi connectivity index (χ3v) is 3.58. The summed E-state index contributed by atoms with van der Waals surface area (Å²) in [4.78, 5) is 14.3. The summed E-state index contributed by atoms with van der Waals surface area (Å²) in [5.74, 6) is 1.32. The zero-order chi connectivity index (χ0) is 16.9. The molecule has 0 bridgehead atoms. The van der Waals surface area contributed by atoms with Crippen LogP contribution in [0.15, 0.2) is 67.0 Å². The van der Waals surface area contributed by atoms with Crippen molar-refractivity contribution in [2.75, 3.05) is 7.05 Å². The Balaban J connectivity index is 1.71. The number of nitrogens with zero attached hydrogens (tertiary/aromatic N) is 3. The molecule has 3 rings (SSSR count). The summed E-state index contributed by atoms with van der Waals surface area (Å²) in [7, 11) is 3.63. The number of carbonyl (C=O) groups is 1. The second kappa shape index (κ2) is 7.00. The van der Waals surface area contributed by atoms with E-state index in [1.807, 2.05) is 55.7 Å². The second-order valence-electron chi connectivity index (χ2n) is 5.63. The lowest BCUT2D eigenvalue weighted by Gasteiger charge is -2.16. The first-order valence-electron chi connectivity index (χ1n) is 7.68. The molecule has 0 aliphatic heterocycles. The van der Waals surface area contributed by atoms with E-state index in [4.69, 9.17) is 4.74 Å². The Labute approximate surface area is 141 Å². The lowest BCUT2D eigenvalue weighted by Crippen LogP contribution is -2.26. The van der Waals surface area contributed by atoms with Crippen LogP contribution in [0.5, 0.6) is 11.5 Å². The van der Waals surface area contributed by atoms with Gasteiger partial charge in [-0.25, -0.2) is 0 Å². The molecular weight excluding hydrogens is 302 g/mol. The number of amides is 1. The van der Waals surface area contributed by atoms with Crippen molar-refractivity contribution < 1.29 is 9.53 Å². The molecule has 1 amide bonds. The fourth-order valence-corrected chi connectivity index (χ4v) is 2.44. The fourth-order valence-electron chi connectivity index (χ4n) is 2.44. The zero-order valence-corrected chi connectivity index (χ0v) is 13.7. The number of aryl methyl sites for hydroxylation is 1. The van der Waals surface area contributed by atoms with Crippen LogP contribution in [0.3, 0.4) is 0 Å². The molecule has 1 heterocycles.